The summed E-state index contributed by atoms with van der Waals surface area (Å²) in [6.45, 7) is 7.31. The fraction of sp³-hybridized carbons (Fsp3) is 0.462. The van der Waals surface area contributed by atoms with Gasteiger partial charge in [-0.1, -0.05) is 13.8 Å². The van der Waals surface area contributed by atoms with E-state index >= 15 is 0 Å². The number of nitrogen functional groups attached to an aromatic ring is 1. The molecule has 0 atom stereocenters. The van der Waals surface area contributed by atoms with Crippen molar-refractivity contribution in [2.24, 2.45) is 0 Å². The van der Waals surface area contributed by atoms with Crippen LogP contribution in [0.15, 0.2) is 24.3 Å². The molecular formula is C13H21KN2O2. The molecule has 4 nitrogen and oxygen atoms in total. The minimum absolute atomic E-state index is 0. The van der Waals surface area contributed by atoms with Gasteiger partial charge in [0, 0.05) is 12.2 Å². The molecule has 1 aromatic rings. The second kappa shape index (κ2) is 9.94. The molecule has 1 rings (SSSR count). The zero-order valence-electron chi connectivity index (χ0n) is 12.5. The van der Waals surface area contributed by atoms with Crippen molar-refractivity contribution in [3.8, 4) is 0 Å². The number of likely N-dealkylation sites (N-methyl/N-ethyl adjacent to an activating group) is 1. The summed E-state index contributed by atoms with van der Waals surface area (Å²) in [5.74, 6) is -0.294. The third-order valence-electron chi connectivity index (χ3n) is 2.68. The fourth-order valence-electron chi connectivity index (χ4n) is 1.51. The first-order valence-electron chi connectivity index (χ1n) is 5.92. The van der Waals surface area contributed by atoms with Crippen LogP contribution in [0.2, 0.25) is 0 Å². The molecule has 0 aliphatic heterocycles. The number of hydrogen-bond donors (Lipinski definition) is 1. The molecule has 0 fully saturated rings. The Bertz CT molecular complexity index is 356. The number of hydrogen-bond acceptors (Lipinski definition) is 4. The van der Waals surface area contributed by atoms with Crippen LogP contribution >= 0.6 is 0 Å². The molecule has 0 amide bonds. The minimum Gasteiger partial charge on any atom is -1.00 e. The molecule has 0 radical (unpaired) electrons. The molecule has 1 aromatic carbocycles. The first-order chi connectivity index (χ1) is 8.17. The number of nitrogens with zero attached hydrogens (tertiary/aromatic N) is 1. The van der Waals surface area contributed by atoms with Crippen LogP contribution in [-0.4, -0.2) is 37.1 Å². The standard InChI is InChI=1S/C13H20N2O2.K.H/c1-3-15(4-2)9-10-17-13(16)11-5-7-12(14)8-6-11;;/h5-8H,3-4,9-10,14H2,1-2H3;;/q;+1;-1. The van der Waals surface area contributed by atoms with E-state index in [1.165, 1.54) is 0 Å². The quantitative estimate of drug-likeness (QED) is 0.406. The minimum atomic E-state index is -0.294. The number of rotatable bonds is 6. The Hall–Kier alpha value is 0.0864. The van der Waals surface area contributed by atoms with Crippen LogP contribution in [-0.2, 0) is 4.74 Å². The molecule has 5 heteroatoms. The molecular weight excluding hydrogens is 255 g/mol. The number of benzene rings is 1. The maximum absolute atomic E-state index is 11.6. The normalized spacial score (nSPS) is 9.94. The number of esters is 1. The molecule has 0 heterocycles. The van der Waals surface area contributed by atoms with Crippen molar-refractivity contribution < 1.29 is 62.3 Å². The molecule has 18 heavy (non-hydrogen) atoms. The van der Waals surface area contributed by atoms with Gasteiger partial charge in [0.15, 0.2) is 0 Å². The number of nitrogens with two attached hydrogens (primary N) is 1. The number of carbonyl (C=O) groups is 1. The summed E-state index contributed by atoms with van der Waals surface area (Å²) in [6, 6.07) is 6.74. The predicted octanol–water partition coefficient (Wildman–Crippen LogP) is -1.12. The van der Waals surface area contributed by atoms with Crippen molar-refractivity contribution in [2.45, 2.75) is 13.8 Å². The van der Waals surface area contributed by atoms with Gasteiger partial charge in [0.1, 0.15) is 6.61 Å². The van der Waals surface area contributed by atoms with Gasteiger partial charge < -0.3 is 16.8 Å². The van der Waals surface area contributed by atoms with Crippen LogP contribution in [0, 0.1) is 0 Å². The maximum Gasteiger partial charge on any atom is 1.00 e. The summed E-state index contributed by atoms with van der Waals surface area (Å²) in [5, 5.41) is 0. The van der Waals surface area contributed by atoms with Crippen LogP contribution in [0.4, 0.5) is 5.69 Å². The summed E-state index contributed by atoms with van der Waals surface area (Å²) < 4.78 is 5.18. The van der Waals surface area contributed by atoms with E-state index in [0.29, 0.717) is 17.9 Å². The fourth-order valence-corrected chi connectivity index (χ4v) is 1.51. The van der Waals surface area contributed by atoms with E-state index in [-0.39, 0.29) is 58.8 Å². The summed E-state index contributed by atoms with van der Waals surface area (Å²) in [5.41, 5.74) is 6.73. The molecule has 2 N–H and O–H groups in total. The third-order valence-corrected chi connectivity index (χ3v) is 2.68. The molecule has 0 saturated carbocycles. The van der Waals surface area contributed by atoms with Crippen molar-refractivity contribution in [3.05, 3.63) is 29.8 Å². The summed E-state index contributed by atoms with van der Waals surface area (Å²) in [6.07, 6.45) is 0. The van der Waals surface area contributed by atoms with Crippen molar-refractivity contribution in [3.63, 3.8) is 0 Å². The van der Waals surface area contributed by atoms with Gasteiger partial charge in [0.05, 0.1) is 5.56 Å². The van der Waals surface area contributed by atoms with Crippen molar-refractivity contribution in [1.29, 1.82) is 0 Å². The predicted molar refractivity (Wildman–Crippen MR) is 70.0 cm³/mol. The Labute approximate surface area is 153 Å². The molecule has 0 aromatic heterocycles. The summed E-state index contributed by atoms with van der Waals surface area (Å²) >= 11 is 0. The Balaban J connectivity index is 0. The van der Waals surface area contributed by atoms with E-state index in [2.05, 4.69) is 18.7 Å². The summed E-state index contributed by atoms with van der Waals surface area (Å²) in [7, 11) is 0. The zero-order valence-corrected chi connectivity index (χ0v) is 14.6. The average Bonchev–Trinajstić information content (AvgIpc) is 2.35. The first-order valence-corrected chi connectivity index (χ1v) is 5.92. The largest absolute Gasteiger partial charge is 1.00 e. The van der Waals surface area contributed by atoms with Gasteiger partial charge in [-0.25, -0.2) is 4.79 Å². The smallest absolute Gasteiger partial charge is 1.00 e. The van der Waals surface area contributed by atoms with E-state index in [9.17, 15) is 4.79 Å². The van der Waals surface area contributed by atoms with Gasteiger partial charge in [0.25, 0.3) is 0 Å². The second-order valence-electron chi connectivity index (χ2n) is 3.78. The van der Waals surface area contributed by atoms with Crippen LogP contribution in [0.1, 0.15) is 25.6 Å². The number of ether oxygens (including phenoxy) is 1. The Kier molecular flexibility index (Phi) is 9.99. The molecule has 96 valence electrons. The van der Waals surface area contributed by atoms with E-state index in [0.717, 1.165) is 19.6 Å². The van der Waals surface area contributed by atoms with Crippen molar-refractivity contribution in [2.75, 3.05) is 32.0 Å². The Morgan fingerprint density at radius 2 is 1.83 bits per heavy atom. The van der Waals surface area contributed by atoms with Crippen LogP contribution in [0.3, 0.4) is 0 Å². The maximum atomic E-state index is 11.6. The van der Waals surface area contributed by atoms with E-state index in [1.54, 1.807) is 24.3 Å². The van der Waals surface area contributed by atoms with E-state index < -0.39 is 0 Å². The van der Waals surface area contributed by atoms with E-state index in [4.69, 9.17) is 10.5 Å². The van der Waals surface area contributed by atoms with Gasteiger partial charge in [-0.3, -0.25) is 0 Å². The van der Waals surface area contributed by atoms with Gasteiger partial charge >= 0.3 is 57.4 Å². The van der Waals surface area contributed by atoms with Gasteiger partial charge in [0.2, 0.25) is 0 Å². The molecule has 0 aliphatic rings. The molecule has 0 unspecified atom stereocenters. The van der Waals surface area contributed by atoms with Crippen LogP contribution < -0.4 is 57.1 Å². The average molecular weight is 276 g/mol. The Morgan fingerprint density at radius 3 is 2.33 bits per heavy atom. The number of anilines is 1. The molecule has 0 bridgehead atoms. The molecule has 0 saturated heterocycles. The Morgan fingerprint density at radius 1 is 1.28 bits per heavy atom. The van der Waals surface area contributed by atoms with Crippen LogP contribution in [0.25, 0.3) is 0 Å². The van der Waals surface area contributed by atoms with Crippen LogP contribution in [0.5, 0.6) is 0 Å². The zero-order chi connectivity index (χ0) is 12.7. The monoisotopic (exact) mass is 276 g/mol. The SMILES string of the molecule is CCN(CC)CCOC(=O)c1ccc(N)cc1.[H-].[K+]. The second-order valence-corrected chi connectivity index (χ2v) is 3.78. The first kappa shape index (κ1) is 18.1. The van der Waals surface area contributed by atoms with Crippen molar-refractivity contribution in [1.82, 2.24) is 4.90 Å². The van der Waals surface area contributed by atoms with Gasteiger partial charge in [-0.15, -0.1) is 0 Å². The van der Waals surface area contributed by atoms with Gasteiger partial charge in [-0.2, -0.15) is 0 Å². The van der Waals surface area contributed by atoms with E-state index in [1.807, 2.05) is 0 Å². The summed E-state index contributed by atoms with van der Waals surface area (Å²) in [4.78, 5) is 13.8. The van der Waals surface area contributed by atoms with Gasteiger partial charge in [-0.05, 0) is 37.4 Å². The topological polar surface area (TPSA) is 55.6 Å². The number of carbonyl (C=O) groups excluding carboxylic acids is 1. The molecule has 0 aliphatic carbocycles. The third kappa shape index (κ3) is 6.31. The molecule has 0 spiro atoms. The van der Waals surface area contributed by atoms with Crippen molar-refractivity contribution >= 4 is 11.7 Å².